The predicted molar refractivity (Wildman–Crippen MR) is 469 cm³/mol. The average Bonchev–Trinajstić information content (AvgIpc) is 1.83. The Labute approximate surface area is 748 Å². The second kappa shape index (κ2) is 53.2. The molecule has 4 saturated heterocycles. The summed E-state index contributed by atoms with van der Waals surface area (Å²) < 4.78 is 73.7. The van der Waals surface area contributed by atoms with Crippen LogP contribution in [0.25, 0.3) is 0 Å². The number of nitrogens with one attached hydrogen (secondary N) is 2. The molecular weight excluding hydrogens is 1760 g/mol. The lowest BCUT2D eigenvalue weighted by atomic mass is 9.92. The van der Waals surface area contributed by atoms with E-state index >= 15 is 0 Å². The third-order valence-corrected chi connectivity index (χ3v) is 21.7. The zero-order valence-corrected chi connectivity index (χ0v) is 74.1. The highest BCUT2D eigenvalue weighted by Crippen LogP contribution is 2.31. The number of hydrogen-bond donors (Lipinski definition) is 4. The molecule has 127 heavy (non-hydrogen) atoms. The van der Waals surface area contributed by atoms with E-state index in [1.807, 2.05) is 60.7 Å². The summed E-state index contributed by atoms with van der Waals surface area (Å²) in [5, 5.41) is 52.3. The summed E-state index contributed by atoms with van der Waals surface area (Å²) in [6, 6.07) is 26.4. The average molecular weight is 1870 g/mol. The van der Waals surface area contributed by atoms with Crippen molar-refractivity contribution in [3.05, 3.63) is 211 Å². The first-order chi connectivity index (χ1) is 61.1. The summed E-state index contributed by atoms with van der Waals surface area (Å²) in [4.78, 5) is 98.6. The molecule has 14 rings (SSSR count). The molecule has 4 aliphatic heterocycles. The lowest BCUT2D eigenvalue weighted by Gasteiger charge is -2.22. The number of aryl methyl sites for hydroxylation is 3. The largest absolute Gasteiger partial charge is 0.469 e. The fourth-order valence-corrected chi connectivity index (χ4v) is 14.4. The van der Waals surface area contributed by atoms with E-state index < -0.39 is 18.5 Å². The van der Waals surface area contributed by atoms with Crippen LogP contribution in [-0.4, -0.2) is 215 Å². The summed E-state index contributed by atoms with van der Waals surface area (Å²) in [5.41, 5.74) is 15.7. The van der Waals surface area contributed by atoms with Crippen LogP contribution in [0.3, 0.4) is 0 Å². The molecular formula is C88H111F3IN23O12. The normalized spacial score (nSPS) is 14.9. The molecule has 3 unspecified atom stereocenters. The lowest BCUT2D eigenvalue weighted by Crippen LogP contribution is -2.18. The Kier molecular flexibility index (Phi) is 41.6. The molecule has 0 aliphatic carbocycles. The van der Waals surface area contributed by atoms with E-state index in [1.54, 1.807) is 69.8 Å². The van der Waals surface area contributed by atoms with Gasteiger partial charge in [-0.05, 0) is 243 Å². The van der Waals surface area contributed by atoms with Crippen molar-refractivity contribution in [3.63, 3.8) is 0 Å². The van der Waals surface area contributed by atoms with Gasteiger partial charge in [-0.2, -0.15) is 15.3 Å². The number of aromatic nitrogens is 19. The molecule has 0 saturated carbocycles. The van der Waals surface area contributed by atoms with Crippen molar-refractivity contribution >= 4 is 75.3 Å². The zero-order valence-electron chi connectivity index (χ0n) is 72.0. The SMILES string of the molecule is CCC(=O)c1cn(CC(F)CCc2ccc(I)nn2)nn1.CCC(=O)c1cn(CC(F)CCc2ccc(NC(=O)Cc3cc(C4CCOCC4)ccn3)nn2)nn1.CCC(=O)c1cn(CC(F)CCc2ccc(NC(=O)Cc3cc(C4CCOCC4)ccn3)nn2)nn1.COC(=O)Cc1cc(C2CCOCC2)ccn1.N.NC(=O)Cc1cc(C2CCOCC2)ccn1. The van der Waals surface area contributed by atoms with Crippen LogP contribution in [0.4, 0.5) is 24.8 Å². The number of hydrogen-bond acceptors (Lipinski definition) is 29. The molecule has 35 nitrogen and oxygen atoms in total. The molecule has 4 aliphatic rings. The van der Waals surface area contributed by atoms with Gasteiger partial charge in [-0.1, -0.05) is 36.4 Å². The lowest BCUT2D eigenvalue weighted by molar-refractivity contribution is -0.139. The maximum atomic E-state index is 14.4. The number of ether oxygens (including phenoxy) is 5. The second-order valence-electron chi connectivity index (χ2n) is 30.6. The number of carbonyl (C=O) groups excluding carboxylic acids is 7. The number of halogens is 4. The fraction of sp³-hybridized carbons (Fsp3) is 0.489. The number of methoxy groups -OCH3 is 1. The van der Waals surface area contributed by atoms with E-state index in [0.717, 1.165) is 125 Å². The molecule has 39 heteroatoms. The van der Waals surface area contributed by atoms with Crippen LogP contribution in [0.15, 0.2) is 128 Å². The number of carbonyl (C=O) groups is 7. The minimum Gasteiger partial charge on any atom is -0.469 e. The number of amides is 3. The van der Waals surface area contributed by atoms with Crippen molar-refractivity contribution in [2.45, 2.75) is 217 Å². The van der Waals surface area contributed by atoms with E-state index in [9.17, 15) is 46.7 Å². The summed E-state index contributed by atoms with van der Waals surface area (Å²) >= 11 is 2.07. The van der Waals surface area contributed by atoms with Crippen molar-refractivity contribution in [1.82, 2.24) is 102 Å². The zero-order chi connectivity index (χ0) is 89.4. The number of Topliss-reactive ketones (excluding diaryl/α,β-unsaturated/α-hetero) is 3. The number of anilines is 2. The number of primary amides is 1. The molecule has 7 N–H and O–H groups in total. The number of nitrogens with two attached hydrogens (primary N) is 1. The van der Waals surface area contributed by atoms with E-state index in [2.05, 4.69) is 119 Å². The first kappa shape index (κ1) is 99.2. The third-order valence-electron chi connectivity index (χ3n) is 21.1. The number of nitrogens with zero attached hydrogens (tertiary/aromatic N) is 19. The van der Waals surface area contributed by atoms with E-state index in [1.165, 1.54) is 62.0 Å². The summed E-state index contributed by atoms with van der Waals surface area (Å²) in [6.07, 6.45) is 19.8. The molecule has 10 aromatic rings. The number of alkyl halides is 3. The topological polar surface area (TPSA) is 472 Å². The minimum atomic E-state index is -1.18. The summed E-state index contributed by atoms with van der Waals surface area (Å²) in [7, 11) is 1.39. The van der Waals surface area contributed by atoms with Crippen LogP contribution >= 0.6 is 22.6 Å². The molecule has 0 bridgehead atoms. The van der Waals surface area contributed by atoms with Gasteiger partial charge in [0, 0.05) is 114 Å². The van der Waals surface area contributed by atoms with Crippen molar-refractivity contribution in [1.29, 1.82) is 0 Å². The molecule has 4 fully saturated rings. The molecule has 14 heterocycles. The highest BCUT2D eigenvalue weighted by molar-refractivity contribution is 14.1. The second-order valence-corrected chi connectivity index (χ2v) is 31.7. The fourth-order valence-electron chi connectivity index (χ4n) is 14.1. The predicted octanol–water partition coefficient (Wildman–Crippen LogP) is 11.3. The third kappa shape index (κ3) is 34.6. The van der Waals surface area contributed by atoms with Crippen molar-refractivity contribution in [2.75, 3.05) is 70.6 Å². The number of esters is 1. The Bertz CT molecular complexity index is 4890. The number of rotatable bonds is 35. The van der Waals surface area contributed by atoms with Gasteiger partial charge < -0.3 is 46.2 Å². The molecule has 3 atom stereocenters. The van der Waals surface area contributed by atoms with Crippen molar-refractivity contribution in [3.8, 4) is 0 Å². The quantitative estimate of drug-likeness (QED) is 0.0163. The first-order valence-corrected chi connectivity index (χ1v) is 43.6. The van der Waals surface area contributed by atoms with Gasteiger partial charge in [-0.25, -0.2) is 27.2 Å². The maximum absolute atomic E-state index is 14.4. The molecule has 678 valence electrons. The van der Waals surface area contributed by atoms with Gasteiger partial charge >= 0.3 is 5.97 Å². The van der Waals surface area contributed by atoms with Gasteiger partial charge in [-0.15, -0.1) is 30.6 Å². The van der Waals surface area contributed by atoms with Crippen LogP contribution in [0.2, 0.25) is 0 Å². The van der Waals surface area contributed by atoms with Crippen LogP contribution in [0.5, 0.6) is 0 Å². The Hall–Kier alpha value is -11.5. The standard InChI is InChI=1S/2C25H30FN7O3.C13H15FIN5O.C13H17NO3.C12H16N2O2.H3N/c2*1-2-23(34)22-16-33(32-30-22)15-19(26)3-4-20-5-6-24(31-29-20)28-25(35)14-21-13-18(7-10-27-21)17-8-11-36-12-9-17;1-2-12(21)11-8-20(19-17-11)7-9(14)3-4-10-5-6-13(15)18-16-10;1-16-13(15)9-12-8-11(2-5-14-12)10-3-6-17-7-4-10;13-12(15)8-11-7-10(1-4-14-11)9-2-5-16-6-3-9;/h2*5-7,10,13,16-17,19H,2-4,8-9,11-12,14-15H2,1H3,(H,28,31,35);5-6,8-9H,2-4,7H2,1H3;2,5,8,10H,3-4,6-7,9H2,1H3;1,4,7,9H,2-3,5-6,8H2,(H2,13,15);1H3. The highest BCUT2D eigenvalue weighted by Gasteiger charge is 2.24. The van der Waals surface area contributed by atoms with E-state index in [0.29, 0.717) is 103 Å². The first-order valence-electron chi connectivity index (χ1n) is 42.5. The molecule has 0 radical (unpaired) electrons. The summed E-state index contributed by atoms with van der Waals surface area (Å²) in [6.45, 7) is 11.6. The highest BCUT2D eigenvalue weighted by atomic mass is 127. The van der Waals surface area contributed by atoms with Crippen LogP contribution in [0, 0.1) is 3.70 Å². The van der Waals surface area contributed by atoms with Gasteiger partial charge in [0.15, 0.2) is 29.0 Å². The smallest absolute Gasteiger partial charge is 0.311 e. The van der Waals surface area contributed by atoms with Gasteiger partial charge in [0.25, 0.3) is 0 Å². The molecule has 0 aromatic carbocycles. The Balaban J connectivity index is 0.000000186. The monoisotopic (exact) mass is 1870 g/mol. The Morgan fingerprint density at radius 1 is 0.417 bits per heavy atom. The maximum Gasteiger partial charge on any atom is 0.311 e. The number of ketones is 3. The van der Waals surface area contributed by atoms with Gasteiger partial charge in [0.2, 0.25) is 17.7 Å². The van der Waals surface area contributed by atoms with Crippen molar-refractivity contribution in [2.24, 2.45) is 5.73 Å². The minimum absolute atomic E-state index is 0. The summed E-state index contributed by atoms with van der Waals surface area (Å²) in [5.74, 6) is 1.20. The molecule has 3 amide bonds. The van der Waals surface area contributed by atoms with Crippen LogP contribution in [0.1, 0.15) is 228 Å². The van der Waals surface area contributed by atoms with Gasteiger partial charge in [0.1, 0.15) is 39.3 Å². The Morgan fingerprint density at radius 3 is 0.992 bits per heavy atom. The van der Waals surface area contributed by atoms with Crippen LogP contribution in [-0.2, 0) is 107 Å². The van der Waals surface area contributed by atoms with E-state index in [-0.39, 0.29) is 122 Å². The van der Waals surface area contributed by atoms with E-state index in [4.69, 9.17) is 24.7 Å². The molecule has 0 spiro atoms. The molecule has 10 aromatic heterocycles. The van der Waals surface area contributed by atoms with Gasteiger partial charge in [0.05, 0.1) is 93.8 Å². The van der Waals surface area contributed by atoms with Gasteiger partial charge in [-0.3, -0.25) is 53.5 Å². The van der Waals surface area contributed by atoms with Crippen molar-refractivity contribution < 1.29 is 70.4 Å². The Morgan fingerprint density at radius 2 is 0.717 bits per heavy atom. The number of pyridine rings is 4. The van der Waals surface area contributed by atoms with Crippen LogP contribution < -0.4 is 22.5 Å².